The van der Waals surface area contributed by atoms with Gasteiger partial charge in [-0.25, -0.2) is 4.39 Å². The number of amides is 1. The zero-order valence-electron chi connectivity index (χ0n) is 12.6. The fourth-order valence-electron chi connectivity index (χ4n) is 2.66. The highest BCUT2D eigenvalue weighted by Crippen LogP contribution is 2.28. The van der Waals surface area contributed by atoms with E-state index in [4.69, 9.17) is 11.6 Å². The van der Waals surface area contributed by atoms with Crippen molar-refractivity contribution in [3.8, 4) is 0 Å². The molecule has 1 aliphatic rings. The summed E-state index contributed by atoms with van der Waals surface area (Å²) in [4.78, 5) is 16.9. The van der Waals surface area contributed by atoms with Crippen LogP contribution in [0.5, 0.6) is 0 Å². The number of aliphatic imine (C=N–C) groups is 1. The first-order chi connectivity index (χ1) is 11.1. The molecule has 0 saturated heterocycles. The number of hydrogen-bond donors (Lipinski definition) is 1. The molecule has 0 spiro atoms. The van der Waals surface area contributed by atoms with Crippen LogP contribution in [0.15, 0.2) is 47.5 Å². The van der Waals surface area contributed by atoms with E-state index >= 15 is 0 Å². The van der Waals surface area contributed by atoms with E-state index in [1.54, 1.807) is 36.4 Å². The Bertz CT molecular complexity index is 788. The van der Waals surface area contributed by atoms with E-state index in [2.05, 4.69) is 10.3 Å². The molecule has 0 unspecified atom stereocenters. The number of hydrogen-bond acceptors (Lipinski definition) is 2. The first kappa shape index (κ1) is 15.7. The van der Waals surface area contributed by atoms with Crippen LogP contribution in [0, 0.1) is 5.82 Å². The number of rotatable bonds is 3. The summed E-state index contributed by atoms with van der Waals surface area (Å²) in [5, 5.41) is 3.38. The van der Waals surface area contributed by atoms with E-state index in [0.29, 0.717) is 34.0 Å². The number of benzene rings is 2. The monoisotopic (exact) mass is 330 g/mol. The molecule has 5 heteroatoms. The summed E-state index contributed by atoms with van der Waals surface area (Å²) in [5.74, 6) is -0.552. The van der Waals surface area contributed by atoms with Crippen LogP contribution in [0.3, 0.4) is 0 Å². The maximum absolute atomic E-state index is 14.3. The number of halogens is 2. The Morgan fingerprint density at radius 3 is 2.74 bits per heavy atom. The molecule has 0 aromatic heterocycles. The van der Waals surface area contributed by atoms with Gasteiger partial charge in [-0.15, -0.1) is 0 Å². The Balaban J connectivity index is 2.23. The molecule has 2 aromatic carbocycles. The lowest BCUT2D eigenvalue weighted by atomic mass is 10.00. The number of benzodiazepines with no additional fused rings is 1. The van der Waals surface area contributed by atoms with Crippen molar-refractivity contribution in [2.75, 3.05) is 5.32 Å². The van der Waals surface area contributed by atoms with Crippen molar-refractivity contribution in [3.05, 3.63) is 64.4 Å². The number of fused-ring (bicyclic) bond motifs is 1. The summed E-state index contributed by atoms with van der Waals surface area (Å²) in [6.45, 7) is 1.99. The van der Waals surface area contributed by atoms with Gasteiger partial charge < -0.3 is 5.32 Å². The molecule has 1 amide bonds. The average molecular weight is 331 g/mol. The molecule has 0 saturated carbocycles. The van der Waals surface area contributed by atoms with Crippen LogP contribution < -0.4 is 5.32 Å². The van der Waals surface area contributed by atoms with Gasteiger partial charge in [0.1, 0.15) is 11.9 Å². The van der Waals surface area contributed by atoms with Crippen molar-refractivity contribution >= 4 is 28.9 Å². The highest BCUT2D eigenvalue weighted by molar-refractivity contribution is 6.32. The molecule has 3 nitrogen and oxygen atoms in total. The van der Waals surface area contributed by atoms with E-state index in [1.807, 2.05) is 6.92 Å². The smallest absolute Gasteiger partial charge is 0.249 e. The fraction of sp³-hybridized carbons (Fsp3) is 0.222. The number of carbonyl (C=O) groups excluding carboxylic acids is 1. The fourth-order valence-corrected chi connectivity index (χ4v) is 2.83. The lowest BCUT2D eigenvalue weighted by Gasteiger charge is -2.11. The van der Waals surface area contributed by atoms with Crippen LogP contribution in [0.4, 0.5) is 10.1 Å². The predicted molar refractivity (Wildman–Crippen MR) is 90.8 cm³/mol. The molecule has 0 fully saturated rings. The van der Waals surface area contributed by atoms with Crippen molar-refractivity contribution in [2.24, 2.45) is 4.99 Å². The largest absolute Gasteiger partial charge is 0.324 e. The zero-order chi connectivity index (χ0) is 16.4. The molecule has 23 heavy (non-hydrogen) atoms. The standard InChI is InChI=1S/C18H16ClFN2O/c1-2-5-16-18(23)22-15-9-8-11(19)10-13(15)17(21-16)12-6-3-4-7-14(12)20/h3-4,6-10,16H,2,5H2,1H3,(H,22,23)/t16-/m0/s1. The average Bonchev–Trinajstić information content (AvgIpc) is 2.66. The van der Waals surface area contributed by atoms with E-state index in [9.17, 15) is 9.18 Å². The minimum absolute atomic E-state index is 0.179. The van der Waals surface area contributed by atoms with E-state index < -0.39 is 6.04 Å². The number of anilines is 1. The molecule has 3 rings (SSSR count). The second-order valence-corrected chi connectivity index (χ2v) is 5.88. The molecule has 1 aliphatic heterocycles. The summed E-state index contributed by atoms with van der Waals surface area (Å²) in [5.41, 5.74) is 2.06. The van der Waals surface area contributed by atoms with Gasteiger partial charge in [-0.05, 0) is 36.8 Å². The molecule has 0 aliphatic carbocycles. The number of nitrogens with one attached hydrogen (secondary N) is 1. The van der Waals surface area contributed by atoms with Crippen molar-refractivity contribution in [2.45, 2.75) is 25.8 Å². The molecule has 0 bridgehead atoms. The topological polar surface area (TPSA) is 41.5 Å². The highest BCUT2D eigenvalue weighted by Gasteiger charge is 2.26. The molecule has 1 N–H and O–H groups in total. The van der Waals surface area contributed by atoms with Crippen LogP contribution in [0.25, 0.3) is 0 Å². The quantitative estimate of drug-likeness (QED) is 0.888. The third-order valence-electron chi connectivity index (χ3n) is 3.77. The minimum atomic E-state index is -0.541. The van der Waals surface area contributed by atoms with Gasteiger partial charge in [-0.1, -0.05) is 37.1 Å². The minimum Gasteiger partial charge on any atom is -0.324 e. The van der Waals surface area contributed by atoms with Crippen LogP contribution in [-0.2, 0) is 4.79 Å². The van der Waals surface area contributed by atoms with Gasteiger partial charge in [-0.2, -0.15) is 0 Å². The third-order valence-corrected chi connectivity index (χ3v) is 4.01. The summed E-state index contributed by atoms with van der Waals surface area (Å²) >= 11 is 6.09. The summed E-state index contributed by atoms with van der Waals surface area (Å²) in [6.07, 6.45) is 1.41. The van der Waals surface area contributed by atoms with Crippen LogP contribution in [0.2, 0.25) is 5.02 Å². The maximum atomic E-state index is 14.3. The Kier molecular flexibility index (Phi) is 4.44. The van der Waals surface area contributed by atoms with Crippen LogP contribution in [-0.4, -0.2) is 17.7 Å². The van der Waals surface area contributed by atoms with Crippen LogP contribution >= 0.6 is 11.6 Å². The Labute approximate surface area is 139 Å². The van der Waals surface area contributed by atoms with Gasteiger partial charge in [0.15, 0.2) is 0 Å². The zero-order valence-corrected chi connectivity index (χ0v) is 13.4. The predicted octanol–water partition coefficient (Wildman–Crippen LogP) is 4.44. The van der Waals surface area contributed by atoms with Crippen molar-refractivity contribution in [1.29, 1.82) is 0 Å². The number of carbonyl (C=O) groups is 1. The lowest BCUT2D eigenvalue weighted by Crippen LogP contribution is -2.25. The van der Waals surface area contributed by atoms with E-state index in [0.717, 1.165) is 6.42 Å². The molecule has 2 aromatic rings. The van der Waals surface area contributed by atoms with Gasteiger partial charge in [0.2, 0.25) is 5.91 Å². The number of nitrogens with zero attached hydrogens (tertiary/aromatic N) is 1. The van der Waals surface area contributed by atoms with Crippen LogP contribution in [0.1, 0.15) is 30.9 Å². The van der Waals surface area contributed by atoms with Crippen molar-refractivity contribution in [3.63, 3.8) is 0 Å². The Morgan fingerprint density at radius 2 is 2.00 bits per heavy atom. The summed E-state index contributed by atoms with van der Waals surface area (Å²) in [6, 6.07) is 11.0. The van der Waals surface area contributed by atoms with Gasteiger partial charge >= 0.3 is 0 Å². The molecule has 118 valence electrons. The molecule has 1 atom stereocenters. The Hall–Kier alpha value is -2.20. The molecule has 0 radical (unpaired) electrons. The SMILES string of the molecule is CCC[C@@H]1N=C(c2ccccc2F)c2cc(Cl)ccc2NC1=O. The summed E-state index contributed by atoms with van der Waals surface area (Å²) < 4.78 is 14.3. The lowest BCUT2D eigenvalue weighted by molar-refractivity contribution is -0.117. The highest BCUT2D eigenvalue weighted by atomic mass is 35.5. The third kappa shape index (κ3) is 3.13. The van der Waals surface area contributed by atoms with E-state index in [-0.39, 0.29) is 11.7 Å². The van der Waals surface area contributed by atoms with E-state index in [1.165, 1.54) is 6.07 Å². The second kappa shape index (κ2) is 6.50. The van der Waals surface area contributed by atoms with Gasteiger partial charge in [-0.3, -0.25) is 9.79 Å². The first-order valence-electron chi connectivity index (χ1n) is 7.53. The normalized spacial score (nSPS) is 17.1. The Morgan fingerprint density at radius 1 is 1.22 bits per heavy atom. The van der Waals surface area contributed by atoms with Gasteiger partial charge in [0.25, 0.3) is 0 Å². The molecular formula is C18H16ClFN2O. The maximum Gasteiger partial charge on any atom is 0.249 e. The van der Waals surface area contributed by atoms with Gasteiger partial charge in [0.05, 0.1) is 11.4 Å². The second-order valence-electron chi connectivity index (χ2n) is 5.44. The van der Waals surface area contributed by atoms with Gasteiger partial charge in [0, 0.05) is 16.1 Å². The molecule has 1 heterocycles. The van der Waals surface area contributed by atoms with Crippen molar-refractivity contribution < 1.29 is 9.18 Å². The summed E-state index contributed by atoms with van der Waals surface area (Å²) in [7, 11) is 0. The molecular weight excluding hydrogens is 315 g/mol. The first-order valence-corrected chi connectivity index (χ1v) is 7.91. The van der Waals surface area contributed by atoms with Crippen molar-refractivity contribution in [1.82, 2.24) is 0 Å².